The van der Waals surface area contributed by atoms with E-state index >= 15 is 0 Å². The van der Waals surface area contributed by atoms with E-state index in [9.17, 15) is 0 Å². The van der Waals surface area contributed by atoms with Crippen LogP contribution in [0.4, 0.5) is 0 Å². The molecular formula is C11H21NO. The molecule has 1 aliphatic heterocycles. The molecule has 13 heavy (non-hydrogen) atoms. The highest BCUT2D eigenvalue weighted by atomic mass is 16.5. The molecule has 1 saturated heterocycles. The van der Waals surface area contributed by atoms with Gasteiger partial charge >= 0.3 is 0 Å². The Morgan fingerprint density at radius 1 is 1.31 bits per heavy atom. The second-order valence-corrected chi connectivity index (χ2v) is 4.65. The van der Waals surface area contributed by atoms with Crippen molar-refractivity contribution in [3.05, 3.63) is 0 Å². The molecule has 76 valence electrons. The van der Waals surface area contributed by atoms with Crippen molar-refractivity contribution in [1.82, 2.24) is 5.32 Å². The first-order chi connectivity index (χ1) is 6.36. The zero-order chi connectivity index (χ0) is 9.10. The van der Waals surface area contributed by atoms with Gasteiger partial charge in [-0.3, -0.25) is 0 Å². The highest BCUT2D eigenvalue weighted by Gasteiger charge is 2.26. The predicted octanol–water partition coefficient (Wildman–Crippen LogP) is 1.80. The third kappa shape index (κ3) is 2.44. The molecule has 2 nitrogen and oxygen atoms in total. The average Bonchev–Trinajstić information content (AvgIpc) is 2.17. The third-order valence-electron chi connectivity index (χ3n) is 3.54. The molecule has 2 rings (SSSR count). The lowest BCUT2D eigenvalue weighted by molar-refractivity contribution is 0.0507. The van der Waals surface area contributed by atoms with Crippen molar-refractivity contribution in [2.75, 3.05) is 19.8 Å². The maximum Gasteiger partial charge on any atom is 0.0506 e. The molecule has 1 saturated carbocycles. The maximum absolute atomic E-state index is 5.45. The summed E-state index contributed by atoms with van der Waals surface area (Å²) in [5.41, 5.74) is 0. The van der Waals surface area contributed by atoms with Crippen LogP contribution in [0, 0.1) is 11.8 Å². The Labute approximate surface area is 81.0 Å². The molecule has 3 unspecified atom stereocenters. The molecule has 0 aromatic rings. The van der Waals surface area contributed by atoms with Crippen molar-refractivity contribution in [2.24, 2.45) is 11.8 Å². The van der Waals surface area contributed by atoms with Gasteiger partial charge in [0.15, 0.2) is 0 Å². The van der Waals surface area contributed by atoms with Crippen LogP contribution in [0.2, 0.25) is 0 Å². The van der Waals surface area contributed by atoms with Crippen LogP contribution < -0.4 is 5.32 Å². The zero-order valence-electron chi connectivity index (χ0n) is 8.59. The van der Waals surface area contributed by atoms with Gasteiger partial charge in [0, 0.05) is 19.2 Å². The minimum atomic E-state index is 0.779. The molecule has 0 amide bonds. The van der Waals surface area contributed by atoms with Gasteiger partial charge < -0.3 is 10.1 Å². The van der Waals surface area contributed by atoms with E-state index in [-0.39, 0.29) is 0 Å². The molecule has 3 atom stereocenters. The lowest BCUT2D eigenvalue weighted by Gasteiger charge is -2.36. The van der Waals surface area contributed by atoms with Crippen LogP contribution >= 0.6 is 0 Å². The summed E-state index contributed by atoms with van der Waals surface area (Å²) in [7, 11) is 0. The van der Waals surface area contributed by atoms with E-state index in [0.717, 1.165) is 31.1 Å². The Hall–Kier alpha value is -0.0800. The maximum atomic E-state index is 5.45. The molecule has 2 fully saturated rings. The summed E-state index contributed by atoms with van der Waals surface area (Å²) < 4.78 is 5.45. The summed E-state index contributed by atoms with van der Waals surface area (Å²) in [6.45, 7) is 5.48. The van der Waals surface area contributed by atoms with Crippen LogP contribution in [0.3, 0.4) is 0 Å². The van der Waals surface area contributed by atoms with Crippen LogP contribution in [-0.2, 0) is 4.74 Å². The van der Waals surface area contributed by atoms with Gasteiger partial charge in [-0.15, -0.1) is 0 Å². The summed E-state index contributed by atoms with van der Waals surface area (Å²) in [4.78, 5) is 0. The van der Waals surface area contributed by atoms with Crippen LogP contribution in [0.15, 0.2) is 0 Å². The first kappa shape index (κ1) is 9.47. The van der Waals surface area contributed by atoms with E-state index in [1.807, 2.05) is 0 Å². The first-order valence-electron chi connectivity index (χ1n) is 5.67. The minimum absolute atomic E-state index is 0.779. The lowest BCUT2D eigenvalue weighted by atomic mass is 9.81. The molecule has 0 aromatic heterocycles. The summed E-state index contributed by atoms with van der Waals surface area (Å²) >= 11 is 0. The highest BCUT2D eigenvalue weighted by molar-refractivity contribution is 4.84. The van der Waals surface area contributed by atoms with Gasteiger partial charge in [-0.05, 0) is 37.5 Å². The van der Waals surface area contributed by atoms with Crippen molar-refractivity contribution >= 4 is 0 Å². The zero-order valence-corrected chi connectivity index (χ0v) is 8.59. The van der Waals surface area contributed by atoms with E-state index in [4.69, 9.17) is 4.74 Å². The third-order valence-corrected chi connectivity index (χ3v) is 3.54. The van der Waals surface area contributed by atoms with Crippen LogP contribution in [0.1, 0.15) is 32.6 Å². The van der Waals surface area contributed by atoms with Gasteiger partial charge in [-0.25, -0.2) is 0 Å². The fraction of sp³-hybridized carbons (Fsp3) is 1.00. The molecule has 0 bridgehead atoms. The van der Waals surface area contributed by atoms with Gasteiger partial charge in [0.1, 0.15) is 0 Å². The van der Waals surface area contributed by atoms with E-state index in [1.165, 1.54) is 32.2 Å². The van der Waals surface area contributed by atoms with E-state index in [0.29, 0.717) is 0 Å². The summed E-state index contributed by atoms with van der Waals surface area (Å²) in [5, 5.41) is 3.66. The normalized spacial score (nSPS) is 39.9. The Kier molecular flexibility index (Phi) is 3.23. The van der Waals surface area contributed by atoms with E-state index < -0.39 is 0 Å². The number of hydrogen-bond donors (Lipinski definition) is 1. The molecule has 2 aliphatic rings. The molecule has 1 N–H and O–H groups in total. The van der Waals surface area contributed by atoms with Gasteiger partial charge in [0.2, 0.25) is 0 Å². The molecule has 1 aliphatic carbocycles. The van der Waals surface area contributed by atoms with Crippen molar-refractivity contribution in [2.45, 2.75) is 38.6 Å². The Morgan fingerprint density at radius 3 is 2.77 bits per heavy atom. The quantitative estimate of drug-likeness (QED) is 0.720. The topological polar surface area (TPSA) is 21.3 Å². The SMILES string of the molecule is CC1CCC1NCC1CCCOC1. The van der Waals surface area contributed by atoms with Crippen LogP contribution in [0.5, 0.6) is 0 Å². The highest BCUT2D eigenvalue weighted by Crippen LogP contribution is 2.26. The van der Waals surface area contributed by atoms with Crippen molar-refractivity contribution in [3.63, 3.8) is 0 Å². The van der Waals surface area contributed by atoms with Gasteiger partial charge in [-0.2, -0.15) is 0 Å². The molecule has 0 spiro atoms. The summed E-state index contributed by atoms with van der Waals surface area (Å²) in [5.74, 6) is 1.69. The van der Waals surface area contributed by atoms with E-state index in [1.54, 1.807) is 0 Å². The van der Waals surface area contributed by atoms with Crippen LogP contribution in [0.25, 0.3) is 0 Å². The predicted molar refractivity (Wildman–Crippen MR) is 53.7 cm³/mol. The van der Waals surface area contributed by atoms with Crippen molar-refractivity contribution in [3.8, 4) is 0 Å². The van der Waals surface area contributed by atoms with Crippen molar-refractivity contribution in [1.29, 1.82) is 0 Å². The fourth-order valence-corrected chi connectivity index (χ4v) is 2.26. The standard InChI is InChI=1S/C11H21NO/c1-9-4-5-11(9)12-7-10-3-2-6-13-8-10/h9-12H,2-8H2,1H3. The second-order valence-electron chi connectivity index (χ2n) is 4.65. The lowest BCUT2D eigenvalue weighted by Crippen LogP contribution is -2.45. The largest absolute Gasteiger partial charge is 0.381 e. The van der Waals surface area contributed by atoms with Gasteiger partial charge in [-0.1, -0.05) is 6.92 Å². The molecule has 0 aromatic carbocycles. The van der Waals surface area contributed by atoms with Gasteiger partial charge in [0.25, 0.3) is 0 Å². The van der Waals surface area contributed by atoms with Crippen LogP contribution in [-0.4, -0.2) is 25.8 Å². The molecular weight excluding hydrogens is 162 g/mol. The molecule has 2 heteroatoms. The summed E-state index contributed by atoms with van der Waals surface area (Å²) in [6, 6.07) is 0.807. The Balaban J connectivity index is 1.61. The van der Waals surface area contributed by atoms with E-state index in [2.05, 4.69) is 12.2 Å². The monoisotopic (exact) mass is 183 g/mol. The van der Waals surface area contributed by atoms with Crippen molar-refractivity contribution < 1.29 is 4.74 Å². The summed E-state index contributed by atoms with van der Waals surface area (Å²) in [6.07, 6.45) is 5.41. The first-order valence-corrected chi connectivity index (χ1v) is 5.67. The Morgan fingerprint density at radius 2 is 2.23 bits per heavy atom. The Bertz CT molecular complexity index is 154. The number of nitrogens with one attached hydrogen (secondary N) is 1. The molecule has 0 radical (unpaired) electrons. The molecule has 1 heterocycles. The number of ether oxygens (including phenoxy) is 1. The van der Waals surface area contributed by atoms with Gasteiger partial charge in [0.05, 0.1) is 6.61 Å². The number of rotatable bonds is 3. The fourth-order valence-electron chi connectivity index (χ4n) is 2.26. The minimum Gasteiger partial charge on any atom is -0.381 e. The second kappa shape index (κ2) is 4.43. The number of hydrogen-bond acceptors (Lipinski definition) is 2. The smallest absolute Gasteiger partial charge is 0.0506 e. The average molecular weight is 183 g/mol.